The third-order valence-electron chi connectivity index (χ3n) is 6.04. The van der Waals surface area contributed by atoms with Crippen molar-refractivity contribution in [2.45, 2.75) is 45.6 Å². The average molecular weight is 416 g/mol. The zero-order chi connectivity index (χ0) is 21.0. The fraction of sp³-hybridized carbons (Fsp3) is 0.739. The highest BCUT2D eigenvalue weighted by Gasteiger charge is 2.15. The Labute approximate surface area is 182 Å². The van der Waals surface area contributed by atoms with Crippen molar-refractivity contribution in [3.8, 4) is 0 Å². The van der Waals surface area contributed by atoms with Gasteiger partial charge in [0.15, 0.2) is 5.96 Å². The van der Waals surface area contributed by atoms with Gasteiger partial charge in [-0.3, -0.25) is 0 Å². The van der Waals surface area contributed by atoms with E-state index in [1.165, 1.54) is 45.3 Å². The van der Waals surface area contributed by atoms with Crippen LogP contribution in [0.1, 0.15) is 44.6 Å². The number of pyridine rings is 1. The Morgan fingerprint density at radius 1 is 1.00 bits per heavy atom. The van der Waals surface area contributed by atoms with Gasteiger partial charge in [-0.25, -0.2) is 9.98 Å². The molecule has 2 fully saturated rings. The van der Waals surface area contributed by atoms with Gasteiger partial charge in [0.25, 0.3) is 0 Å². The summed E-state index contributed by atoms with van der Waals surface area (Å²) >= 11 is 0. The minimum absolute atomic E-state index is 0.650. The minimum Gasteiger partial charge on any atom is -0.357 e. The van der Waals surface area contributed by atoms with E-state index in [-0.39, 0.29) is 0 Å². The monoisotopic (exact) mass is 415 g/mol. The van der Waals surface area contributed by atoms with Gasteiger partial charge in [-0.15, -0.1) is 0 Å². The van der Waals surface area contributed by atoms with Gasteiger partial charge in [0.1, 0.15) is 5.82 Å². The molecule has 3 rings (SSSR count). The first-order valence-electron chi connectivity index (χ1n) is 11.9. The Morgan fingerprint density at radius 2 is 1.77 bits per heavy atom. The van der Waals surface area contributed by atoms with Gasteiger partial charge in [0.2, 0.25) is 0 Å². The number of nitrogens with zero attached hydrogens (tertiary/aromatic N) is 5. The van der Waals surface area contributed by atoms with Crippen LogP contribution in [-0.2, 0) is 6.54 Å². The maximum absolute atomic E-state index is 4.76. The van der Waals surface area contributed by atoms with E-state index in [9.17, 15) is 0 Å². The SMILES string of the molecule is CCNC(=NCc1ccc(N2CCN(C)CC2)nc1)NCCCN1CCCCCC1. The maximum atomic E-state index is 4.76. The van der Waals surface area contributed by atoms with Crippen LogP contribution in [0.4, 0.5) is 5.82 Å². The predicted molar refractivity (Wildman–Crippen MR) is 126 cm³/mol. The molecule has 0 unspecified atom stereocenters. The summed E-state index contributed by atoms with van der Waals surface area (Å²) in [7, 11) is 2.18. The molecule has 0 spiro atoms. The Kier molecular flexibility index (Phi) is 9.70. The zero-order valence-corrected chi connectivity index (χ0v) is 19.1. The van der Waals surface area contributed by atoms with Gasteiger partial charge in [-0.05, 0) is 64.5 Å². The lowest BCUT2D eigenvalue weighted by atomic mass is 10.2. The van der Waals surface area contributed by atoms with Crippen LogP contribution in [0.3, 0.4) is 0 Å². The number of nitrogens with one attached hydrogen (secondary N) is 2. The fourth-order valence-corrected chi connectivity index (χ4v) is 4.11. The highest BCUT2D eigenvalue weighted by Crippen LogP contribution is 2.14. The summed E-state index contributed by atoms with van der Waals surface area (Å²) in [6.45, 7) is 12.6. The number of guanidine groups is 1. The first kappa shape index (κ1) is 22.8. The molecule has 3 heterocycles. The van der Waals surface area contributed by atoms with E-state index >= 15 is 0 Å². The van der Waals surface area contributed by atoms with Crippen LogP contribution in [0.15, 0.2) is 23.3 Å². The standard InChI is InChI=1S/C23H41N7/c1-3-24-23(25-11-8-14-29-12-6-4-5-7-13-29)27-20-21-9-10-22(26-19-21)30-17-15-28(2)16-18-30/h9-10,19H,3-8,11-18,20H2,1-2H3,(H2,24,25,27). The van der Waals surface area contributed by atoms with Crippen LogP contribution >= 0.6 is 0 Å². The van der Waals surface area contributed by atoms with Gasteiger partial charge in [0, 0.05) is 45.5 Å². The summed E-state index contributed by atoms with van der Waals surface area (Å²) in [5.74, 6) is 1.98. The van der Waals surface area contributed by atoms with Gasteiger partial charge in [-0.2, -0.15) is 0 Å². The molecular formula is C23H41N7. The van der Waals surface area contributed by atoms with Gasteiger partial charge in [-0.1, -0.05) is 18.9 Å². The van der Waals surface area contributed by atoms with E-state index in [1.807, 2.05) is 6.20 Å². The van der Waals surface area contributed by atoms with Crippen molar-refractivity contribution in [3.63, 3.8) is 0 Å². The summed E-state index contributed by atoms with van der Waals surface area (Å²) < 4.78 is 0. The molecule has 2 aliphatic rings. The molecule has 0 aromatic carbocycles. The quantitative estimate of drug-likeness (QED) is 0.385. The maximum Gasteiger partial charge on any atom is 0.191 e. The predicted octanol–water partition coefficient (Wildman–Crippen LogP) is 2.15. The zero-order valence-electron chi connectivity index (χ0n) is 19.1. The van der Waals surface area contributed by atoms with E-state index in [1.54, 1.807) is 0 Å². The van der Waals surface area contributed by atoms with Crippen molar-refractivity contribution >= 4 is 11.8 Å². The lowest BCUT2D eigenvalue weighted by Gasteiger charge is -2.33. The van der Waals surface area contributed by atoms with Crippen LogP contribution in [0, 0.1) is 0 Å². The number of aromatic nitrogens is 1. The number of aliphatic imine (C=N–C) groups is 1. The summed E-state index contributed by atoms with van der Waals surface area (Å²) in [5, 5.41) is 6.85. The van der Waals surface area contributed by atoms with Gasteiger partial charge < -0.3 is 25.3 Å². The van der Waals surface area contributed by atoms with Gasteiger partial charge in [0.05, 0.1) is 6.54 Å². The second kappa shape index (κ2) is 12.7. The second-order valence-electron chi connectivity index (χ2n) is 8.55. The molecule has 168 valence electrons. The molecule has 0 radical (unpaired) electrons. The molecule has 0 atom stereocenters. The van der Waals surface area contributed by atoms with Crippen LogP contribution in [-0.4, -0.2) is 86.7 Å². The Bertz CT molecular complexity index is 615. The summed E-state index contributed by atoms with van der Waals surface area (Å²) in [5.41, 5.74) is 1.15. The molecule has 2 saturated heterocycles. The Balaban J connectivity index is 1.42. The second-order valence-corrected chi connectivity index (χ2v) is 8.55. The first-order valence-corrected chi connectivity index (χ1v) is 11.9. The molecule has 0 saturated carbocycles. The summed E-state index contributed by atoms with van der Waals surface area (Å²) in [6.07, 6.45) is 8.65. The number of rotatable bonds is 8. The Morgan fingerprint density at radius 3 is 2.43 bits per heavy atom. The lowest BCUT2D eigenvalue weighted by Crippen LogP contribution is -2.44. The van der Waals surface area contributed by atoms with Gasteiger partial charge >= 0.3 is 0 Å². The van der Waals surface area contributed by atoms with E-state index < -0.39 is 0 Å². The molecule has 2 aliphatic heterocycles. The number of hydrogen-bond donors (Lipinski definition) is 2. The molecule has 2 N–H and O–H groups in total. The summed E-state index contributed by atoms with van der Waals surface area (Å²) in [6, 6.07) is 4.30. The molecular weight excluding hydrogens is 374 g/mol. The highest BCUT2D eigenvalue weighted by molar-refractivity contribution is 5.79. The highest BCUT2D eigenvalue weighted by atomic mass is 15.3. The van der Waals surface area contributed by atoms with E-state index in [0.717, 1.165) is 63.0 Å². The van der Waals surface area contributed by atoms with Crippen molar-refractivity contribution in [1.29, 1.82) is 0 Å². The molecule has 0 bridgehead atoms. The van der Waals surface area contributed by atoms with Crippen LogP contribution in [0.5, 0.6) is 0 Å². The number of piperazine rings is 1. The third-order valence-corrected chi connectivity index (χ3v) is 6.04. The van der Waals surface area contributed by atoms with E-state index in [2.05, 4.69) is 56.4 Å². The Hall–Kier alpha value is -1.86. The summed E-state index contributed by atoms with van der Waals surface area (Å²) in [4.78, 5) is 16.8. The van der Waals surface area contributed by atoms with Crippen LogP contribution in [0.25, 0.3) is 0 Å². The fourth-order valence-electron chi connectivity index (χ4n) is 4.11. The van der Waals surface area contributed by atoms with Crippen molar-refractivity contribution in [2.24, 2.45) is 4.99 Å². The molecule has 7 heteroatoms. The number of likely N-dealkylation sites (tertiary alicyclic amines) is 1. The van der Waals surface area contributed by atoms with E-state index in [0.29, 0.717) is 6.54 Å². The van der Waals surface area contributed by atoms with Crippen molar-refractivity contribution in [2.75, 3.05) is 70.9 Å². The smallest absolute Gasteiger partial charge is 0.191 e. The first-order chi connectivity index (χ1) is 14.7. The van der Waals surface area contributed by atoms with Crippen molar-refractivity contribution < 1.29 is 0 Å². The topological polar surface area (TPSA) is 59.0 Å². The normalized spacial score (nSPS) is 19.5. The van der Waals surface area contributed by atoms with Crippen molar-refractivity contribution in [1.82, 2.24) is 25.4 Å². The number of likely N-dealkylation sites (N-methyl/N-ethyl adjacent to an activating group) is 1. The number of hydrogen-bond acceptors (Lipinski definition) is 5. The molecule has 1 aromatic rings. The van der Waals surface area contributed by atoms with Crippen LogP contribution in [0.2, 0.25) is 0 Å². The van der Waals surface area contributed by atoms with Crippen LogP contribution < -0.4 is 15.5 Å². The number of anilines is 1. The molecule has 0 amide bonds. The largest absolute Gasteiger partial charge is 0.357 e. The minimum atomic E-state index is 0.650. The van der Waals surface area contributed by atoms with E-state index in [4.69, 9.17) is 4.99 Å². The average Bonchev–Trinajstić information content (AvgIpc) is 3.05. The molecule has 30 heavy (non-hydrogen) atoms. The third kappa shape index (κ3) is 7.76. The molecule has 1 aromatic heterocycles. The lowest BCUT2D eigenvalue weighted by molar-refractivity contribution is 0.282. The molecule has 0 aliphatic carbocycles. The van der Waals surface area contributed by atoms with Crippen molar-refractivity contribution in [3.05, 3.63) is 23.9 Å². The molecule has 7 nitrogen and oxygen atoms in total.